The standard InChI is InChI=1S/C17H24N4O/c1-4-9-14-12-15(17(22)19-3)16(20-13-14)21(5-2)11-8-6-7-10-18/h4,6-8,10,12-13H,1,5,9,11,18H2,2-3H3,(H,19,22)/b8-6-,10-7-. The molecule has 22 heavy (non-hydrogen) atoms. The maximum atomic E-state index is 12.1. The second-order valence-electron chi connectivity index (χ2n) is 4.64. The largest absolute Gasteiger partial charge is 0.405 e. The number of hydrogen-bond donors (Lipinski definition) is 2. The molecule has 0 aliphatic carbocycles. The first-order valence-electron chi connectivity index (χ1n) is 7.28. The van der Waals surface area contributed by atoms with Crippen LogP contribution in [0.25, 0.3) is 0 Å². The highest BCUT2D eigenvalue weighted by molar-refractivity contribution is 5.99. The molecule has 5 nitrogen and oxygen atoms in total. The third-order valence-corrected chi connectivity index (χ3v) is 3.14. The predicted octanol–water partition coefficient (Wildman–Crippen LogP) is 2.02. The van der Waals surface area contributed by atoms with Crippen molar-refractivity contribution in [2.45, 2.75) is 13.3 Å². The highest BCUT2D eigenvalue weighted by atomic mass is 16.1. The van der Waals surface area contributed by atoms with Crippen molar-refractivity contribution in [1.82, 2.24) is 10.3 Å². The van der Waals surface area contributed by atoms with Crippen molar-refractivity contribution < 1.29 is 4.79 Å². The van der Waals surface area contributed by atoms with Gasteiger partial charge in [0.05, 0.1) is 5.56 Å². The first-order valence-corrected chi connectivity index (χ1v) is 7.28. The SMILES string of the molecule is C=CCc1cnc(N(CC)C/C=C\C=C/N)c(C(=O)NC)c1. The molecule has 0 saturated carbocycles. The number of pyridine rings is 1. The minimum absolute atomic E-state index is 0.141. The van der Waals surface area contributed by atoms with Gasteiger partial charge >= 0.3 is 0 Å². The number of carbonyl (C=O) groups is 1. The van der Waals surface area contributed by atoms with Gasteiger partial charge in [0, 0.05) is 26.3 Å². The Labute approximate surface area is 132 Å². The second kappa shape index (κ2) is 9.39. The lowest BCUT2D eigenvalue weighted by Gasteiger charge is -2.23. The van der Waals surface area contributed by atoms with Crippen LogP contribution in [-0.4, -0.2) is 31.0 Å². The molecule has 1 aromatic heterocycles. The predicted molar refractivity (Wildman–Crippen MR) is 91.9 cm³/mol. The van der Waals surface area contributed by atoms with Gasteiger partial charge in [0.2, 0.25) is 0 Å². The van der Waals surface area contributed by atoms with Gasteiger partial charge in [-0.15, -0.1) is 6.58 Å². The molecule has 1 amide bonds. The highest BCUT2D eigenvalue weighted by Gasteiger charge is 2.16. The number of carbonyl (C=O) groups excluding carboxylic acids is 1. The highest BCUT2D eigenvalue weighted by Crippen LogP contribution is 2.19. The minimum Gasteiger partial charge on any atom is -0.405 e. The molecule has 0 fully saturated rings. The van der Waals surface area contributed by atoms with E-state index in [4.69, 9.17) is 5.73 Å². The number of allylic oxidation sites excluding steroid dienone is 3. The van der Waals surface area contributed by atoms with Gasteiger partial charge in [0.25, 0.3) is 5.91 Å². The van der Waals surface area contributed by atoms with Crippen LogP contribution >= 0.6 is 0 Å². The lowest BCUT2D eigenvalue weighted by Crippen LogP contribution is -2.28. The van der Waals surface area contributed by atoms with Crippen LogP contribution in [0.1, 0.15) is 22.8 Å². The quantitative estimate of drug-likeness (QED) is 0.569. The van der Waals surface area contributed by atoms with Crippen molar-refractivity contribution in [3.05, 3.63) is 60.5 Å². The third kappa shape index (κ3) is 4.77. The molecule has 0 spiro atoms. The summed E-state index contributed by atoms with van der Waals surface area (Å²) in [5.74, 6) is 0.536. The van der Waals surface area contributed by atoms with Crippen LogP contribution in [0.2, 0.25) is 0 Å². The van der Waals surface area contributed by atoms with E-state index in [2.05, 4.69) is 16.9 Å². The van der Waals surface area contributed by atoms with Gasteiger partial charge in [0.15, 0.2) is 0 Å². The number of nitrogens with two attached hydrogens (primary N) is 1. The van der Waals surface area contributed by atoms with Crippen LogP contribution in [0.5, 0.6) is 0 Å². The molecular weight excluding hydrogens is 276 g/mol. The number of nitrogens with one attached hydrogen (secondary N) is 1. The van der Waals surface area contributed by atoms with Gasteiger partial charge in [-0.25, -0.2) is 4.98 Å². The van der Waals surface area contributed by atoms with Gasteiger partial charge < -0.3 is 16.0 Å². The average Bonchev–Trinajstić information content (AvgIpc) is 2.55. The molecule has 0 aromatic carbocycles. The molecule has 0 bridgehead atoms. The molecule has 0 aliphatic heterocycles. The minimum atomic E-state index is -0.141. The van der Waals surface area contributed by atoms with E-state index in [1.165, 1.54) is 6.20 Å². The van der Waals surface area contributed by atoms with E-state index in [0.717, 1.165) is 12.1 Å². The average molecular weight is 300 g/mol. The number of aromatic nitrogens is 1. The van der Waals surface area contributed by atoms with Crippen LogP contribution in [0, 0.1) is 0 Å². The Morgan fingerprint density at radius 2 is 2.27 bits per heavy atom. The van der Waals surface area contributed by atoms with E-state index in [1.54, 1.807) is 25.4 Å². The molecule has 0 saturated heterocycles. The van der Waals surface area contributed by atoms with Gasteiger partial charge in [-0.2, -0.15) is 0 Å². The fourth-order valence-corrected chi connectivity index (χ4v) is 2.03. The number of amides is 1. The monoisotopic (exact) mass is 300 g/mol. The Hall–Kier alpha value is -2.56. The van der Waals surface area contributed by atoms with Crippen molar-refractivity contribution in [3.8, 4) is 0 Å². The fraction of sp³-hybridized carbons (Fsp3) is 0.294. The van der Waals surface area contributed by atoms with Crippen LogP contribution < -0.4 is 16.0 Å². The van der Waals surface area contributed by atoms with Crippen molar-refractivity contribution in [1.29, 1.82) is 0 Å². The molecule has 0 radical (unpaired) electrons. The second-order valence-corrected chi connectivity index (χ2v) is 4.64. The Morgan fingerprint density at radius 1 is 1.50 bits per heavy atom. The molecular formula is C17H24N4O. The summed E-state index contributed by atoms with van der Waals surface area (Å²) >= 11 is 0. The zero-order valence-electron chi connectivity index (χ0n) is 13.2. The molecule has 0 unspecified atom stereocenters. The maximum absolute atomic E-state index is 12.1. The Kier molecular flexibility index (Phi) is 7.47. The van der Waals surface area contributed by atoms with Crippen LogP contribution in [0.15, 0.2) is 49.3 Å². The number of nitrogens with zero attached hydrogens (tertiary/aromatic N) is 2. The van der Waals surface area contributed by atoms with Crippen molar-refractivity contribution in [3.63, 3.8) is 0 Å². The first kappa shape index (κ1) is 17.5. The third-order valence-electron chi connectivity index (χ3n) is 3.14. The zero-order chi connectivity index (χ0) is 16.4. The number of hydrogen-bond acceptors (Lipinski definition) is 4. The summed E-state index contributed by atoms with van der Waals surface area (Å²) in [5.41, 5.74) is 6.84. The molecule has 1 rings (SSSR count). The summed E-state index contributed by atoms with van der Waals surface area (Å²) in [4.78, 5) is 18.6. The maximum Gasteiger partial charge on any atom is 0.254 e. The molecule has 118 valence electrons. The summed E-state index contributed by atoms with van der Waals surface area (Å²) in [6.45, 7) is 7.14. The Balaban J connectivity index is 3.12. The van der Waals surface area contributed by atoms with Gasteiger partial charge in [-0.3, -0.25) is 4.79 Å². The van der Waals surface area contributed by atoms with Crippen LogP contribution in [-0.2, 0) is 6.42 Å². The summed E-state index contributed by atoms with van der Waals surface area (Å²) < 4.78 is 0. The van der Waals surface area contributed by atoms with E-state index < -0.39 is 0 Å². The van der Waals surface area contributed by atoms with E-state index in [0.29, 0.717) is 24.3 Å². The van der Waals surface area contributed by atoms with Crippen molar-refractivity contribution in [2.24, 2.45) is 5.73 Å². The number of rotatable bonds is 8. The molecule has 0 atom stereocenters. The smallest absolute Gasteiger partial charge is 0.254 e. The topological polar surface area (TPSA) is 71.2 Å². The summed E-state index contributed by atoms with van der Waals surface area (Å²) in [7, 11) is 1.62. The van der Waals surface area contributed by atoms with Gasteiger partial charge in [0.1, 0.15) is 5.82 Å². The molecule has 3 N–H and O–H groups in total. The van der Waals surface area contributed by atoms with Gasteiger partial charge in [-0.1, -0.05) is 18.2 Å². The normalized spacial score (nSPS) is 11.0. The summed E-state index contributed by atoms with van der Waals surface area (Å²) in [6, 6.07) is 1.87. The Bertz CT molecular complexity index is 564. The molecule has 1 heterocycles. The van der Waals surface area contributed by atoms with Crippen molar-refractivity contribution in [2.75, 3.05) is 25.0 Å². The number of likely N-dealkylation sites (N-methyl/N-ethyl adjacent to an activating group) is 1. The molecule has 5 heteroatoms. The van der Waals surface area contributed by atoms with Crippen LogP contribution in [0.3, 0.4) is 0 Å². The molecule has 0 aliphatic rings. The van der Waals surface area contributed by atoms with Crippen molar-refractivity contribution >= 4 is 11.7 Å². The lowest BCUT2D eigenvalue weighted by molar-refractivity contribution is 0.0963. The summed E-state index contributed by atoms with van der Waals surface area (Å²) in [5, 5.41) is 2.67. The number of anilines is 1. The van der Waals surface area contributed by atoms with E-state index >= 15 is 0 Å². The van der Waals surface area contributed by atoms with Crippen LogP contribution in [0.4, 0.5) is 5.82 Å². The fourth-order valence-electron chi connectivity index (χ4n) is 2.03. The first-order chi connectivity index (χ1) is 10.7. The summed E-state index contributed by atoms with van der Waals surface area (Å²) in [6.07, 6.45) is 11.3. The van der Waals surface area contributed by atoms with E-state index in [9.17, 15) is 4.79 Å². The lowest BCUT2D eigenvalue weighted by atomic mass is 10.1. The zero-order valence-corrected chi connectivity index (χ0v) is 13.2. The molecule has 1 aromatic rings. The van der Waals surface area contributed by atoms with Gasteiger partial charge in [-0.05, 0) is 37.3 Å². The van der Waals surface area contributed by atoms with E-state index in [1.807, 2.05) is 30.0 Å². The van der Waals surface area contributed by atoms with E-state index in [-0.39, 0.29) is 5.91 Å². The Morgan fingerprint density at radius 3 is 2.86 bits per heavy atom.